The zero-order valence-electron chi connectivity index (χ0n) is 17.9. The molecule has 0 radical (unpaired) electrons. The maximum absolute atomic E-state index is 12.5. The number of hydrogen-bond donors (Lipinski definition) is 2. The van der Waals surface area contributed by atoms with E-state index >= 15 is 0 Å². The molecule has 0 bridgehead atoms. The first-order chi connectivity index (χ1) is 16.0. The summed E-state index contributed by atoms with van der Waals surface area (Å²) in [4.78, 5) is 12.5. The Kier molecular flexibility index (Phi) is 7.02. The van der Waals surface area contributed by atoms with E-state index in [4.69, 9.17) is 4.74 Å². The van der Waals surface area contributed by atoms with Crippen LogP contribution in [0.25, 0.3) is 10.8 Å². The molecule has 2 N–H and O–H groups in total. The predicted octanol–water partition coefficient (Wildman–Crippen LogP) is 4.38. The van der Waals surface area contributed by atoms with Crippen LogP contribution in [0.2, 0.25) is 0 Å². The zero-order chi connectivity index (χ0) is 23.1. The van der Waals surface area contributed by atoms with Gasteiger partial charge in [-0.2, -0.15) is 0 Å². The van der Waals surface area contributed by atoms with Crippen molar-refractivity contribution in [2.75, 3.05) is 18.5 Å². The van der Waals surface area contributed by atoms with Crippen LogP contribution in [0.15, 0.2) is 102 Å². The lowest BCUT2D eigenvalue weighted by molar-refractivity contribution is -0.118. The van der Waals surface area contributed by atoms with E-state index in [1.54, 1.807) is 0 Å². The summed E-state index contributed by atoms with van der Waals surface area (Å²) in [6.07, 6.45) is 0.604. The van der Waals surface area contributed by atoms with Crippen molar-refractivity contribution >= 4 is 32.4 Å². The van der Waals surface area contributed by atoms with Gasteiger partial charge in [0.05, 0.1) is 4.90 Å². The molecule has 0 atom stereocenters. The molecular formula is C26H24N2O4S. The second-order valence-corrected chi connectivity index (χ2v) is 9.24. The number of nitrogens with one attached hydrogen (secondary N) is 2. The highest BCUT2D eigenvalue weighted by molar-refractivity contribution is 7.89. The molecule has 0 fully saturated rings. The smallest absolute Gasteiger partial charge is 0.262 e. The highest BCUT2D eigenvalue weighted by Crippen LogP contribution is 2.23. The van der Waals surface area contributed by atoms with Crippen molar-refractivity contribution in [3.63, 3.8) is 0 Å². The Labute approximate surface area is 193 Å². The highest BCUT2D eigenvalue weighted by Gasteiger charge is 2.14. The van der Waals surface area contributed by atoms with E-state index in [0.717, 1.165) is 16.3 Å². The van der Waals surface area contributed by atoms with Gasteiger partial charge in [-0.15, -0.1) is 0 Å². The van der Waals surface area contributed by atoms with E-state index in [1.165, 1.54) is 24.3 Å². The number of fused-ring (bicyclic) bond motifs is 1. The van der Waals surface area contributed by atoms with Crippen LogP contribution in [0, 0.1) is 0 Å². The summed E-state index contributed by atoms with van der Waals surface area (Å²) in [5.74, 6) is 0.108. The molecule has 0 spiro atoms. The van der Waals surface area contributed by atoms with E-state index < -0.39 is 10.0 Å². The van der Waals surface area contributed by atoms with Crippen LogP contribution in [-0.4, -0.2) is 27.5 Å². The minimum atomic E-state index is -3.62. The lowest BCUT2D eigenvalue weighted by Crippen LogP contribution is -2.26. The summed E-state index contributed by atoms with van der Waals surface area (Å²) in [5.41, 5.74) is 1.77. The molecule has 0 aliphatic carbocycles. The fourth-order valence-corrected chi connectivity index (χ4v) is 4.47. The van der Waals surface area contributed by atoms with Gasteiger partial charge < -0.3 is 10.1 Å². The Morgan fingerprint density at radius 2 is 1.48 bits per heavy atom. The van der Waals surface area contributed by atoms with Crippen molar-refractivity contribution in [2.45, 2.75) is 11.3 Å². The largest absolute Gasteiger partial charge is 0.484 e. The monoisotopic (exact) mass is 460 g/mol. The van der Waals surface area contributed by atoms with Crippen molar-refractivity contribution < 1.29 is 17.9 Å². The molecule has 7 heteroatoms. The number of amides is 1. The van der Waals surface area contributed by atoms with E-state index in [9.17, 15) is 13.2 Å². The fraction of sp³-hybridized carbons (Fsp3) is 0.115. The Hall–Kier alpha value is -3.68. The topological polar surface area (TPSA) is 84.5 Å². The summed E-state index contributed by atoms with van der Waals surface area (Å²) >= 11 is 0. The lowest BCUT2D eigenvalue weighted by Gasteiger charge is -2.11. The van der Waals surface area contributed by atoms with Gasteiger partial charge in [-0.3, -0.25) is 4.79 Å². The van der Waals surface area contributed by atoms with Crippen molar-refractivity contribution in [2.24, 2.45) is 0 Å². The van der Waals surface area contributed by atoms with Crippen LogP contribution in [0.1, 0.15) is 5.56 Å². The van der Waals surface area contributed by atoms with Gasteiger partial charge in [0.25, 0.3) is 5.91 Å². The van der Waals surface area contributed by atoms with Crippen LogP contribution < -0.4 is 14.8 Å². The number of rotatable bonds is 9. The van der Waals surface area contributed by atoms with Crippen LogP contribution in [0.5, 0.6) is 5.75 Å². The molecule has 4 aromatic carbocycles. The SMILES string of the molecule is O=C(COc1ccc(S(=O)(=O)NCCc2ccccc2)cc1)Nc1cccc2ccccc12. The van der Waals surface area contributed by atoms with Gasteiger partial charge in [0.15, 0.2) is 6.61 Å². The van der Waals surface area contributed by atoms with Crippen molar-refractivity contribution in [1.29, 1.82) is 0 Å². The Bertz CT molecular complexity index is 1330. The van der Waals surface area contributed by atoms with Gasteiger partial charge in [0, 0.05) is 17.6 Å². The summed E-state index contributed by atoms with van der Waals surface area (Å²) in [6.45, 7) is 0.115. The molecular weight excluding hydrogens is 436 g/mol. The average Bonchev–Trinajstić information content (AvgIpc) is 2.84. The third-order valence-corrected chi connectivity index (χ3v) is 6.59. The summed E-state index contributed by atoms with van der Waals surface area (Å²) in [7, 11) is -3.62. The van der Waals surface area contributed by atoms with Gasteiger partial charge in [0.1, 0.15) is 5.75 Å². The number of carbonyl (C=O) groups excluding carboxylic acids is 1. The Morgan fingerprint density at radius 1 is 0.788 bits per heavy atom. The number of ether oxygens (including phenoxy) is 1. The second-order valence-electron chi connectivity index (χ2n) is 7.47. The minimum Gasteiger partial charge on any atom is -0.484 e. The minimum absolute atomic E-state index is 0.142. The molecule has 0 heterocycles. The molecule has 33 heavy (non-hydrogen) atoms. The molecule has 1 amide bonds. The van der Waals surface area contributed by atoms with Crippen molar-refractivity contribution in [3.05, 3.63) is 103 Å². The molecule has 4 rings (SSSR count). The lowest BCUT2D eigenvalue weighted by atomic mass is 10.1. The summed E-state index contributed by atoms with van der Waals surface area (Å²) < 4.78 is 33.1. The molecule has 0 aliphatic heterocycles. The Morgan fingerprint density at radius 3 is 2.27 bits per heavy atom. The molecule has 0 saturated heterocycles. The standard InChI is InChI=1S/C26H24N2O4S/c29-26(28-25-12-6-10-21-9-4-5-11-24(21)25)19-32-22-13-15-23(16-14-22)33(30,31)27-18-17-20-7-2-1-3-8-20/h1-16,27H,17-19H2,(H,28,29). The van der Waals surface area contributed by atoms with Gasteiger partial charge in [-0.25, -0.2) is 13.1 Å². The number of anilines is 1. The van der Waals surface area contributed by atoms with E-state index in [1.807, 2.05) is 72.8 Å². The zero-order valence-corrected chi connectivity index (χ0v) is 18.7. The summed E-state index contributed by atoms with van der Waals surface area (Å²) in [5, 5.41) is 4.84. The highest BCUT2D eigenvalue weighted by atomic mass is 32.2. The van der Waals surface area contributed by atoms with Gasteiger partial charge in [0.2, 0.25) is 10.0 Å². The van der Waals surface area contributed by atoms with E-state index in [2.05, 4.69) is 10.0 Å². The summed E-state index contributed by atoms with van der Waals surface area (Å²) in [6, 6.07) is 29.2. The molecule has 6 nitrogen and oxygen atoms in total. The molecule has 0 aromatic heterocycles. The average molecular weight is 461 g/mol. The molecule has 0 unspecified atom stereocenters. The van der Waals surface area contributed by atoms with Gasteiger partial charge >= 0.3 is 0 Å². The first-order valence-electron chi connectivity index (χ1n) is 10.6. The maximum atomic E-state index is 12.5. The van der Waals surface area contributed by atoms with Crippen molar-refractivity contribution in [3.8, 4) is 5.75 Å². The Balaban J connectivity index is 1.30. The van der Waals surface area contributed by atoms with Crippen LogP contribution in [0.4, 0.5) is 5.69 Å². The van der Waals surface area contributed by atoms with Crippen molar-refractivity contribution in [1.82, 2.24) is 4.72 Å². The maximum Gasteiger partial charge on any atom is 0.262 e. The normalized spacial score (nSPS) is 11.3. The third kappa shape index (κ3) is 5.97. The quantitative estimate of drug-likeness (QED) is 0.388. The number of sulfonamides is 1. The number of carbonyl (C=O) groups is 1. The molecule has 0 aliphatic rings. The molecule has 4 aromatic rings. The predicted molar refractivity (Wildman–Crippen MR) is 130 cm³/mol. The fourth-order valence-electron chi connectivity index (χ4n) is 3.44. The number of hydrogen-bond acceptors (Lipinski definition) is 4. The van der Waals surface area contributed by atoms with Crippen LogP contribution >= 0.6 is 0 Å². The first-order valence-corrected chi connectivity index (χ1v) is 12.0. The second kappa shape index (κ2) is 10.3. The molecule has 168 valence electrons. The van der Waals surface area contributed by atoms with Gasteiger partial charge in [-0.1, -0.05) is 66.7 Å². The first kappa shape index (κ1) is 22.5. The van der Waals surface area contributed by atoms with E-state index in [-0.39, 0.29) is 17.4 Å². The molecule has 0 saturated carbocycles. The third-order valence-electron chi connectivity index (χ3n) is 5.12. The number of benzene rings is 4. The van der Waals surface area contributed by atoms with E-state index in [0.29, 0.717) is 24.4 Å². The van der Waals surface area contributed by atoms with Gasteiger partial charge in [-0.05, 0) is 47.7 Å². The van der Waals surface area contributed by atoms with Crippen LogP contribution in [-0.2, 0) is 21.2 Å². The van der Waals surface area contributed by atoms with Crippen LogP contribution in [0.3, 0.4) is 0 Å².